The quantitative estimate of drug-likeness (QED) is 0.426. The van der Waals surface area contributed by atoms with Crippen LogP contribution < -0.4 is 9.80 Å². The predicted octanol–water partition coefficient (Wildman–Crippen LogP) is 4.22. The van der Waals surface area contributed by atoms with Crippen LogP contribution in [0.3, 0.4) is 0 Å². The number of fused-ring (bicyclic) bond motifs is 1. The first-order chi connectivity index (χ1) is 16.8. The minimum absolute atomic E-state index is 0.118. The van der Waals surface area contributed by atoms with Crippen molar-refractivity contribution < 1.29 is 9.53 Å². The van der Waals surface area contributed by atoms with Gasteiger partial charge in [0, 0.05) is 51.0 Å². The van der Waals surface area contributed by atoms with Crippen molar-refractivity contribution >= 4 is 49.1 Å². The standard InChI is InChI=1S/C25H25N5O2S2/c31-23(28-9-11-30(12-10-28)25-27-20-7-4-8-26-22(20)34-25)21-17-19(18-5-2-1-3-6-18)24(33-21)29-13-15-32-16-14-29/h1-8,17H,9-16H2. The summed E-state index contributed by atoms with van der Waals surface area (Å²) >= 11 is 3.22. The number of anilines is 2. The van der Waals surface area contributed by atoms with Gasteiger partial charge < -0.3 is 19.4 Å². The third kappa shape index (κ3) is 4.15. The molecule has 2 fully saturated rings. The van der Waals surface area contributed by atoms with Crippen LogP contribution in [0.25, 0.3) is 21.5 Å². The molecule has 9 heteroatoms. The smallest absolute Gasteiger partial charge is 0.264 e. The van der Waals surface area contributed by atoms with Gasteiger partial charge in [0.25, 0.3) is 5.91 Å². The number of carbonyl (C=O) groups excluding carboxylic acids is 1. The zero-order valence-electron chi connectivity index (χ0n) is 18.7. The van der Waals surface area contributed by atoms with Crippen LogP contribution in [-0.4, -0.2) is 73.3 Å². The number of thiophene rings is 1. The molecule has 3 aromatic heterocycles. The van der Waals surface area contributed by atoms with Gasteiger partial charge in [0.15, 0.2) is 5.13 Å². The van der Waals surface area contributed by atoms with Gasteiger partial charge in [0.2, 0.25) is 0 Å². The van der Waals surface area contributed by atoms with Crippen molar-refractivity contribution in [1.29, 1.82) is 0 Å². The van der Waals surface area contributed by atoms with Crippen LogP contribution >= 0.6 is 22.7 Å². The minimum atomic E-state index is 0.118. The maximum absolute atomic E-state index is 13.5. The number of hydrogen-bond acceptors (Lipinski definition) is 8. The molecule has 0 radical (unpaired) electrons. The average Bonchev–Trinajstić information content (AvgIpc) is 3.55. The van der Waals surface area contributed by atoms with Crippen molar-refractivity contribution in [2.75, 3.05) is 62.3 Å². The van der Waals surface area contributed by atoms with E-state index in [-0.39, 0.29) is 5.91 Å². The highest BCUT2D eigenvalue weighted by molar-refractivity contribution is 7.21. The minimum Gasteiger partial charge on any atom is -0.378 e. The molecule has 4 aromatic rings. The molecule has 0 atom stereocenters. The third-order valence-corrected chi connectivity index (χ3v) is 8.52. The summed E-state index contributed by atoms with van der Waals surface area (Å²) in [5, 5.41) is 2.15. The van der Waals surface area contributed by atoms with Crippen molar-refractivity contribution in [2.45, 2.75) is 0 Å². The summed E-state index contributed by atoms with van der Waals surface area (Å²) in [6, 6.07) is 16.4. The van der Waals surface area contributed by atoms with E-state index in [1.54, 1.807) is 28.9 Å². The van der Waals surface area contributed by atoms with E-state index in [9.17, 15) is 4.79 Å². The second-order valence-electron chi connectivity index (χ2n) is 8.40. The molecule has 34 heavy (non-hydrogen) atoms. The van der Waals surface area contributed by atoms with Crippen LogP contribution in [0, 0.1) is 0 Å². The molecular formula is C25H25N5O2S2. The Morgan fingerprint density at radius 2 is 1.68 bits per heavy atom. The molecule has 2 aliphatic heterocycles. The molecule has 0 aliphatic carbocycles. The molecule has 1 aromatic carbocycles. The fourth-order valence-corrected chi connectivity index (χ4v) is 6.62. The second kappa shape index (κ2) is 9.32. The second-order valence-corrected chi connectivity index (χ2v) is 10.4. The van der Waals surface area contributed by atoms with Gasteiger partial charge in [-0.05, 0) is 23.8 Å². The SMILES string of the molecule is O=C(c1cc(-c2ccccc2)c(N2CCOCC2)s1)N1CCN(c2nc3cccnc3s2)CC1. The van der Waals surface area contributed by atoms with Gasteiger partial charge in [0.1, 0.15) is 10.3 Å². The molecule has 1 amide bonds. The highest BCUT2D eigenvalue weighted by Gasteiger charge is 2.27. The molecule has 0 unspecified atom stereocenters. The summed E-state index contributed by atoms with van der Waals surface area (Å²) < 4.78 is 5.56. The number of thiazole rings is 1. The van der Waals surface area contributed by atoms with Crippen molar-refractivity contribution in [3.05, 3.63) is 59.6 Å². The van der Waals surface area contributed by atoms with E-state index in [1.807, 2.05) is 35.2 Å². The normalized spacial score (nSPS) is 16.9. The first-order valence-electron chi connectivity index (χ1n) is 11.5. The molecule has 0 bridgehead atoms. The maximum Gasteiger partial charge on any atom is 0.264 e. The average molecular weight is 492 g/mol. The summed E-state index contributed by atoms with van der Waals surface area (Å²) in [5.74, 6) is 0.118. The van der Waals surface area contributed by atoms with Crippen LogP contribution in [0.2, 0.25) is 0 Å². The lowest BCUT2D eigenvalue weighted by molar-refractivity contribution is 0.0751. The summed E-state index contributed by atoms with van der Waals surface area (Å²) in [7, 11) is 0. The van der Waals surface area contributed by atoms with Crippen molar-refractivity contribution in [3.8, 4) is 11.1 Å². The lowest BCUT2D eigenvalue weighted by Crippen LogP contribution is -2.48. The number of ether oxygens (including phenoxy) is 1. The molecule has 174 valence electrons. The fourth-order valence-electron chi connectivity index (χ4n) is 4.46. The Labute approximate surface area is 206 Å². The molecule has 0 spiro atoms. The van der Waals surface area contributed by atoms with Gasteiger partial charge in [-0.2, -0.15) is 0 Å². The van der Waals surface area contributed by atoms with E-state index in [0.717, 1.165) is 70.9 Å². The number of benzene rings is 1. The number of aromatic nitrogens is 2. The molecule has 6 rings (SSSR count). The van der Waals surface area contributed by atoms with Gasteiger partial charge in [-0.25, -0.2) is 9.97 Å². The van der Waals surface area contributed by atoms with Crippen LogP contribution in [0.15, 0.2) is 54.7 Å². The van der Waals surface area contributed by atoms with Crippen molar-refractivity contribution in [1.82, 2.24) is 14.9 Å². The van der Waals surface area contributed by atoms with Gasteiger partial charge in [-0.3, -0.25) is 4.79 Å². The van der Waals surface area contributed by atoms with Crippen molar-refractivity contribution in [2.24, 2.45) is 0 Å². The Kier molecular flexibility index (Phi) is 5.90. The molecule has 7 nitrogen and oxygen atoms in total. The van der Waals surface area contributed by atoms with E-state index >= 15 is 0 Å². The summed E-state index contributed by atoms with van der Waals surface area (Å²) in [4.78, 5) is 31.0. The van der Waals surface area contributed by atoms with E-state index in [4.69, 9.17) is 9.72 Å². The number of rotatable bonds is 4. The molecular weight excluding hydrogens is 466 g/mol. The Balaban J connectivity index is 1.21. The number of carbonyl (C=O) groups is 1. The monoisotopic (exact) mass is 491 g/mol. The molecule has 2 aliphatic rings. The molecule has 0 saturated carbocycles. The zero-order chi connectivity index (χ0) is 22.9. The van der Waals surface area contributed by atoms with Gasteiger partial charge in [0.05, 0.1) is 23.1 Å². The highest BCUT2D eigenvalue weighted by atomic mass is 32.1. The van der Waals surface area contributed by atoms with E-state index in [2.05, 4.69) is 33.0 Å². The van der Waals surface area contributed by atoms with Crippen LogP contribution in [0.4, 0.5) is 10.1 Å². The number of amides is 1. The van der Waals surface area contributed by atoms with Crippen LogP contribution in [0.1, 0.15) is 9.67 Å². The predicted molar refractivity (Wildman–Crippen MR) is 138 cm³/mol. The topological polar surface area (TPSA) is 61.8 Å². The Morgan fingerprint density at radius 3 is 2.44 bits per heavy atom. The summed E-state index contributed by atoms with van der Waals surface area (Å²) in [6.45, 7) is 6.07. The first kappa shape index (κ1) is 21.5. The zero-order valence-corrected chi connectivity index (χ0v) is 20.4. The lowest BCUT2D eigenvalue weighted by Gasteiger charge is -2.34. The maximum atomic E-state index is 13.5. The number of nitrogens with zero attached hydrogens (tertiary/aromatic N) is 5. The Bertz CT molecular complexity index is 1260. The van der Waals surface area contributed by atoms with Crippen LogP contribution in [-0.2, 0) is 4.74 Å². The number of hydrogen-bond donors (Lipinski definition) is 0. The third-order valence-electron chi connectivity index (χ3n) is 6.30. The number of pyridine rings is 1. The van der Waals surface area contributed by atoms with E-state index in [0.29, 0.717) is 13.1 Å². The fraction of sp³-hybridized carbons (Fsp3) is 0.320. The summed E-state index contributed by atoms with van der Waals surface area (Å²) in [6.07, 6.45) is 1.80. The molecule has 5 heterocycles. The first-order valence-corrected chi connectivity index (χ1v) is 13.2. The number of piperazine rings is 1. The van der Waals surface area contributed by atoms with Gasteiger partial charge in [-0.1, -0.05) is 41.7 Å². The highest BCUT2D eigenvalue weighted by Crippen LogP contribution is 2.40. The van der Waals surface area contributed by atoms with Crippen molar-refractivity contribution in [3.63, 3.8) is 0 Å². The van der Waals surface area contributed by atoms with Crippen LogP contribution in [0.5, 0.6) is 0 Å². The van der Waals surface area contributed by atoms with Gasteiger partial charge >= 0.3 is 0 Å². The van der Waals surface area contributed by atoms with E-state index < -0.39 is 0 Å². The Hall–Kier alpha value is -3.01. The lowest BCUT2D eigenvalue weighted by atomic mass is 10.1. The van der Waals surface area contributed by atoms with E-state index in [1.165, 1.54) is 5.00 Å². The Morgan fingerprint density at radius 1 is 0.882 bits per heavy atom. The largest absolute Gasteiger partial charge is 0.378 e. The van der Waals surface area contributed by atoms with Gasteiger partial charge in [-0.15, -0.1) is 11.3 Å². The number of morpholine rings is 1. The molecule has 2 saturated heterocycles. The summed E-state index contributed by atoms with van der Waals surface area (Å²) in [5.41, 5.74) is 3.22. The molecule has 0 N–H and O–H groups in total.